The number of rotatable bonds is 4. The van der Waals surface area contributed by atoms with Crippen LogP contribution in [-0.4, -0.2) is 19.7 Å². The second-order valence-corrected chi connectivity index (χ2v) is 5.56. The average molecular weight is 311 g/mol. The molecule has 0 saturated heterocycles. The third-order valence-electron chi connectivity index (χ3n) is 3.06. The Labute approximate surface area is 125 Å². The van der Waals surface area contributed by atoms with Crippen LogP contribution in [0.2, 0.25) is 5.02 Å². The van der Waals surface area contributed by atoms with Gasteiger partial charge in [-0.05, 0) is 25.1 Å². The lowest BCUT2D eigenvalue weighted by Crippen LogP contribution is -2.07. The van der Waals surface area contributed by atoms with Crippen LogP contribution in [0.15, 0.2) is 29.1 Å². The van der Waals surface area contributed by atoms with E-state index in [0.29, 0.717) is 23.8 Å². The molecule has 1 atom stereocenters. The Hall–Kier alpha value is -1.59. The molecule has 0 N–H and O–H groups in total. The van der Waals surface area contributed by atoms with Crippen molar-refractivity contribution in [1.29, 1.82) is 0 Å². The fraction of sp³-hybridized carbons (Fsp3) is 0.308. The van der Waals surface area contributed by atoms with Gasteiger partial charge in [0, 0.05) is 18.0 Å². The topological polar surface area (TPSA) is 56.7 Å². The number of hydrogen-bond acceptors (Lipinski definition) is 4. The second kappa shape index (κ2) is 5.42. The second-order valence-electron chi connectivity index (χ2n) is 4.47. The van der Waals surface area contributed by atoms with Gasteiger partial charge in [-0.3, -0.25) is 0 Å². The molecule has 5 nitrogen and oxygen atoms in total. The Bertz CT molecular complexity index is 721. The van der Waals surface area contributed by atoms with E-state index in [2.05, 4.69) is 19.7 Å². The average Bonchev–Trinajstić information content (AvgIpc) is 3.03. The quantitative estimate of drug-likeness (QED) is 0.691. The zero-order chi connectivity index (χ0) is 14.1. The molecule has 0 aliphatic rings. The molecule has 0 aliphatic carbocycles. The summed E-state index contributed by atoms with van der Waals surface area (Å²) < 4.78 is 6.79. The summed E-state index contributed by atoms with van der Waals surface area (Å²) in [6.07, 6.45) is 1.97. The molecule has 104 valence electrons. The molecule has 20 heavy (non-hydrogen) atoms. The molecule has 3 aromatic rings. The van der Waals surface area contributed by atoms with Gasteiger partial charge in [0.15, 0.2) is 5.82 Å². The predicted molar refractivity (Wildman–Crippen MR) is 77.0 cm³/mol. The zero-order valence-electron chi connectivity index (χ0n) is 10.8. The summed E-state index contributed by atoms with van der Waals surface area (Å²) in [4.78, 5) is 8.58. The van der Waals surface area contributed by atoms with Gasteiger partial charge < -0.3 is 9.09 Å². The number of halogens is 2. The number of benzene rings is 1. The number of aromatic nitrogens is 4. The van der Waals surface area contributed by atoms with Gasteiger partial charge in [0.2, 0.25) is 6.39 Å². The maximum atomic E-state index is 6.21. The van der Waals surface area contributed by atoms with Crippen molar-refractivity contribution >= 4 is 34.2 Å². The molecular weight excluding hydrogens is 299 g/mol. The fourth-order valence-electron chi connectivity index (χ4n) is 2.17. The van der Waals surface area contributed by atoms with Crippen LogP contribution in [0.5, 0.6) is 0 Å². The molecule has 0 saturated carbocycles. The van der Waals surface area contributed by atoms with E-state index < -0.39 is 0 Å². The van der Waals surface area contributed by atoms with E-state index in [-0.39, 0.29) is 5.38 Å². The van der Waals surface area contributed by atoms with Crippen LogP contribution in [0.3, 0.4) is 0 Å². The molecule has 0 radical (unpaired) electrons. The lowest BCUT2D eigenvalue weighted by Gasteiger charge is -2.09. The number of nitrogens with zero attached hydrogens (tertiary/aromatic N) is 4. The number of imidazole rings is 1. The lowest BCUT2D eigenvalue weighted by atomic mass is 10.3. The van der Waals surface area contributed by atoms with Crippen LogP contribution >= 0.6 is 23.2 Å². The molecule has 0 spiro atoms. The van der Waals surface area contributed by atoms with Gasteiger partial charge in [0.05, 0.1) is 16.4 Å². The number of fused-ring (bicyclic) bond motifs is 1. The number of hydrogen-bond donors (Lipinski definition) is 0. The van der Waals surface area contributed by atoms with Crippen molar-refractivity contribution in [3.8, 4) is 0 Å². The van der Waals surface area contributed by atoms with Crippen molar-refractivity contribution in [2.24, 2.45) is 0 Å². The van der Waals surface area contributed by atoms with Crippen molar-refractivity contribution in [3.05, 3.63) is 41.3 Å². The van der Waals surface area contributed by atoms with Crippen LogP contribution in [0.4, 0.5) is 0 Å². The molecule has 7 heteroatoms. The summed E-state index contributed by atoms with van der Waals surface area (Å²) in [6.45, 7) is 2.57. The Kier molecular flexibility index (Phi) is 3.63. The molecule has 2 aromatic heterocycles. The minimum Gasteiger partial charge on any atom is -0.343 e. The van der Waals surface area contributed by atoms with Crippen molar-refractivity contribution < 1.29 is 4.52 Å². The molecule has 2 heterocycles. The van der Waals surface area contributed by atoms with Crippen LogP contribution in [0, 0.1) is 0 Å². The van der Waals surface area contributed by atoms with E-state index in [1.54, 1.807) is 0 Å². The van der Waals surface area contributed by atoms with E-state index in [0.717, 1.165) is 16.9 Å². The van der Waals surface area contributed by atoms with Crippen molar-refractivity contribution in [3.63, 3.8) is 0 Å². The first kappa shape index (κ1) is 13.4. The highest BCUT2D eigenvalue weighted by molar-refractivity contribution is 6.31. The SMILES string of the molecule is CC(Cl)c1nc2ccc(Cl)cc2n1CCc1ncon1. The highest BCUT2D eigenvalue weighted by Crippen LogP contribution is 2.26. The highest BCUT2D eigenvalue weighted by Gasteiger charge is 2.15. The van der Waals surface area contributed by atoms with Gasteiger partial charge in [-0.15, -0.1) is 11.6 Å². The molecule has 1 aromatic carbocycles. The molecule has 1 unspecified atom stereocenters. The first-order valence-corrected chi connectivity index (χ1v) is 7.01. The van der Waals surface area contributed by atoms with E-state index in [9.17, 15) is 0 Å². The molecular formula is C13H12Cl2N4O. The van der Waals surface area contributed by atoms with Gasteiger partial charge in [0.25, 0.3) is 0 Å². The van der Waals surface area contributed by atoms with Gasteiger partial charge in [-0.1, -0.05) is 16.8 Å². The Morgan fingerprint density at radius 3 is 2.95 bits per heavy atom. The summed E-state index contributed by atoms with van der Waals surface area (Å²) in [5, 5.41) is 4.29. The summed E-state index contributed by atoms with van der Waals surface area (Å²) in [5.74, 6) is 1.47. The smallest absolute Gasteiger partial charge is 0.213 e. The first-order chi connectivity index (χ1) is 9.65. The summed E-state index contributed by atoms with van der Waals surface area (Å²) in [7, 11) is 0. The minimum absolute atomic E-state index is 0.188. The fourth-order valence-corrected chi connectivity index (χ4v) is 2.50. The van der Waals surface area contributed by atoms with Gasteiger partial charge >= 0.3 is 0 Å². The Morgan fingerprint density at radius 2 is 2.25 bits per heavy atom. The third kappa shape index (κ3) is 2.51. The molecule has 0 aliphatic heterocycles. The monoisotopic (exact) mass is 310 g/mol. The van der Waals surface area contributed by atoms with E-state index in [4.69, 9.17) is 27.7 Å². The molecule has 3 rings (SSSR count). The van der Waals surface area contributed by atoms with E-state index in [1.165, 1.54) is 6.39 Å². The number of alkyl halides is 1. The predicted octanol–water partition coefficient (Wildman–Crippen LogP) is 3.62. The molecule has 0 fully saturated rings. The zero-order valence-corrected chi connectivity index (χ0v) is 12.3. The lowest BCUT2D eigenvalue weighted by molar-refractivity contribution is 0.408. The van der Waals surface area contributed by atoms with E-state index in [1.807, 2.05) is 25.1 Å². The largest absolute Gasteiger partial charge is 0.343 e. The van der Waals surface area contributed by atoms with Crippen LogP contribution in [0.1, 0.15) is 23.9 Å². The highest BCUT2D eigenvalue weighted by atomic mass is 35.5. The van der Waals surface area contributed by atoms with Gasteiger partial charge in [-0.2, -0.15) is 4.98 Å². The third-order valence-corrected chi connectivity index (χ3v) is 3.49. The van der Waals surface area contributed by atoms with Gasteiger partial charge in [0.1, 0.15) is 5.82 Å². The van der Waals surface area contributed by atoms with Crippen molar-refractivity contribution in [2.75, 3.05) is 0 Å². The molecule has 0 amide bonds. The normalized spacial score (nSPS) is 12.9. The van der Waals surface area contributed by atoms with E-state index >= 15 is 0 Å². The Balaban J connectivity index is 2.01. The number of aryl methyl sites for hydroxylation is 2. The van der Waals surface area contributed by atoms with Crippen molar-refractivity contribution in [2.45, 2.75) is 25.3 Å². The summed E-state index contributed by atoms with van der Waals surface area (Å²) in [5.41, 5.74) is 1.84. The summed E-state index contributed by atoms with van der Waals surface area (Å²) in [6, 6.07) is 5.61. The minimum atomic E-state index is -0.188. The standard InChI is InChI=1S/C13H12Cl2N4O/c1-8(14)13-17-10-3-2-9(15)6-11(10)19(13)5-4-12-16-7-20-18-12/h2-3,6-8H,4-5H2,1H3. The molecule has 0 bridgehead atoms. The van der Waals surface area contributed by atoms with Crippen LogP contribution < -0.4 is 0 Å². The van der Waals surface area contributed by atoms with Crippen LogP contribution in [-0.2, 0) is 13.0 Å². The first-order valence-electron chi connectivity index (χ1n) is 6.20. The Morgan fingerprint density at radius 1 is 1.40 bits per heavy atom. The van der Waals surface area contributed by atoms with Gasteiger partial charge in [-0.25, -0.2) is 4.98 Å². The maximum Gasteiger partial charge on any atom is 0.213 e. The summed E-state index contributed by atoms with van der Waals surface area (Å²) >= 11 is 12.3. The maximum absolute atomic E-state index is 6.21. The van der Waals surface area contributed by atoms with Crippen molar-refractivity contribution in [1.82, 2.24) is 19.7 Å². The van der Waals surface area contributed by atoms with Crippen LogP contribution in [0.25, 0.3) is 11.0 Å².